The molecule has 0 saturated heterocycles. The molecule has 0 amide bonds. The van der Waals surface area contributed by atoms with Gasteiger partial charge in [-0.1, -0.05) is 0 Å². The standard InChI is InChI=1S/C14H10N4OS2/c1-7-18-12-11(21-7)4-10(9-2-3-20-13(9)12)19-14-16-5-8(15)6-17-14/h2-6H,15H2,1H3. The minimum Gasteiger partial charge on any atom is -0.424 e. The van der Waals surface area contributed by atoms with Crippen molar-refractivity contribution < 1.29 is 4.74 Å². The van der Waals surface area contributed by atoms with Gasteiger partial charge >= 0.3 is 6.01 Å². The van der Waals surface area contributed by atoms with Gasteiger partial charge in [0, 0.05) is 11.5 Å². The number of fused-ring (bicyclic) bond motifs is 3. The van der Waals surface area contributed by atoms with Crippen LogP contribution in [-0.2, 0) is 0 Å². The Bertz CT molecular complexity index is 943. The van der Waals surface area contributed by atoms with Crippen molar-refractivity contribution in [3.8, 4) is 11.8 Å². The molecule has 0 aliphatic carbocycles. The van der Waals surface area contributed by atoms with Crippen molar-refractivity contribution in [2.45, 2.75) is 6.92 Å². The number of thiophene rings is 1. The van der Waals surface area contributed by atoms with Gasteiger partial charge in [-0.15, -0.1) is 22.7 Å². The third-order valence-corrected chi connectivity index (χ3v) is 4.86. The maximum absolute atomic E-state index is 5.83. The Kier molecular flexibility index (Phi) is 2.76. The minimum absolute atomic E-state index is 0.289. The molecule has 7 heteroatoms. The molecule has 0 radical (unpaired) electrons. The average molecular weight is 314 g/mol. The second-order valence-electron chi connectivity index (χ2n) is 4.52. The molecule has 0 unspecified atom stereocenters. The van der Waals surface area contributed by atoms with Crippen LogP contribution in [0.4, 0.5) is 5.69 Å². The van der Waals surface area contributed by atoms with Crippen molar-refractivity contribution in [2.24, 2.45) is 0 Å². The lowest BCUT2D eigenvalue weighted by molar-refractivity contribution is 0.447. The predicted molar refractivity (Wildman–Crippen MR) is 86.3 cm³/mol. The number of aromatic nitrogens is 3. The number of thiazole rings is 1. The Balaban J connectivity index is 1.89. The summed E-state index contributed by atoms with van der Waals surface area (Å²) >= 11 is 3.31. The lowest BCUT2D eigenvalue weighted by atomic mass is 10.2. The molecule has 0 bridgehead atoms. The van der Waals surface area contributed by atoms with E-state index in [0.29, 0.717) is 5.69 Å². The molecule has 4 rings (SSSR count). The Morgan fingerprint density at radius 2 is 2.05 bits per heavy atom. The highest BCUT2D eigenvalue weighted by Gasteiger charge is 2.13. The van der Waals surface area contributed by atoms with Crippen LogP contribution >= 0.6 is 22.7 Å². The van der Waals surface area contributed by atoms with E-state index in [1.165, 1.54) is 12.4 Å². The van der Waals surface area contributed by atoms with E-state index in [4.69, 9.17) is 10.5 Å². The number of benzene rings is 1. The summed E-state index contributed by atoms with van der Waals surface area (Å²) in [6.07, 6.45) is 3.06. The number of anilines is 1. The fourth-order valence-electron chi connectivity index (χ4n) is 2.15. The summed E-state index contributed by atoms with van der Waals surface area (Å²) < 4.78 is 8.06. The van der Waals surface area contributed by atoms with Gasteiger partial charge < -0.3 is 10.5 Å². The van der Waals surface area contributed by atoms with E-state index in [-0.39, 0.29) is 6.01 Å². The second-order valence-corrected chi connectivity index (χ2v) is 6.67. The van der Waals surface area contributed by atoms with Crippen molar-refractivity contribution in [1.82, 2.24) is 15.0 Å². The largest absolute Gasteiger partial charge is 0.424 e. The maximum atomic E-state index is 5.83. The topological polar surface area (TPSA) is 73.9 Å². The second kappa shape index (κ2) is 4.64. The minimum atomic E-state index is 0.289. The zero-order valence-corrected chi connectivity index (χ0v) is 12.7. The van der Waals surface area contributed by atoms with Crippen LogP contribution in [0.15, 0.2) is 29.9 Å². The first-order chi connectivity index (χ1) is 10.2. The molecule has 2 N–H and O–H groups in total. The Labute approximate surface area is 128 Å². The summed E-state index contributed by atoms with van der Waals surface area (Å²) in [5, 5.41) is 4.11. The number of nitrogen functional groups attached to an aromatic ring is 1. The summed E-state index contributed by atoms with van der Waals surface area (Å²) in [4.78, 5) is 12.8. The van der Waals surface area contributed by atoms with Crippen molar-refractivity contribution in [3.63, 3.8) is 0 Å². The molecule has 3 heterocycles. The number of nitrogens with two attached hydrogens (primary N) is 1. The van der Waals surface area contributed by atoms with Crippen molar-refractivity contribution in [1.29, 1.82) is 0 Å². The van der Waals surface area contributed by atoms with E-state index < -0.39 is 0 Å². The number of hydrogen-bond donors (Lipinski definition) is 1. The van der Waals surface area contributed by atoms with Gasteiger partial charge in [-0.25, -0.2) is 15.0 Å². The molecule has 4 aromatic rings. The van der Waals surface area contributed by atoms with Gasteiger partial charge in [-0.3, -0.25) is 0 Å². The van der Waals surface area contributed by atoms with Crippen LogP contribution in [-0.4, -0.2) is 15.0 Å². The molecule has 0 fully saturated rings. The fraction of sp³-hybridized carbons (Fsp3) is 0.0714. The van der Waals surface area contributed by atoms with Crippen molar-refractivity contribution in [3.05, 3.63) is 34.9 Å². The van der Waals surface area contributed by atoms with E-state index in [0.717, 1.165) is 31.1 Å². The van der Waals surface area contributed by atoms with Gasteiger partial charge in [0.25, 0.3) is 0 Å². The molecular formula is C14H10N4OS2. The number of nitrogens with zero attached hydrogens (tertiary/aromatic N) is 3. The summed E-state index contributed by atoms with van der Waals surface area (Å²) in [5.74, 6) is 0.743. The Hall–Kier alpha value is -2.25. The first-order valence-corrected chi connectivity index (χ1v) is 7.93. The van der Waals surface area contributed by atoms with Crippen LogP contribution in [0.5, 0.6) is 11.8 Å². The summed E-state index contributed by atoms with van der Waals surface area (Å²) in [5.41, 5.74) is 7.13. The van der Waals surface area contributed by atoms with E-state index >= 15 is 0 Å². The van der Waals surface area contributed by atoms with E-state index in [1.807, 2.05) is 24.4 Å². The molecule has 21 heavy (non-hydrogen) atoms. The fourth-order valence-corrected chi connectivity index (χ4v) is 3.98. The normalized spacial score (nSPS) is 11.3. The van der Waals surface area contributed by atoms with Gasteiger partial charge in [0.2, 0.25) is 0 Å². The molecule has 0 saturated carbocycles. The molecule has 0 spiro atoms. The van der Waals surface area contributed by atoms with Gasteiger partial charge in [0.05, 0.1) is 38.0 Å². The number of hydrogen-bond acceptors (Lipinski definition) is 7. The highest BCUT2D eigenvalue weighted by molar-refractivity contribution is 7.21. The first-order valence-electron chi connectivity index (χ1n) is 6.23. The zero-order chi connectivity index (χ0) is 14.4. The van der Waals surface area contributed by atoms with Gasteiger partial charge in [0.1, 0.15) is 5.75 Å². The molecule has 104 valence electrons. The molecule has 1 aromatic carbocycles. The molecular weight excluding hydrogens is 304 g/mol. The van der Waals surface area contributed by atoms with Crippen LogP contribution in [0.2, 0.25) is 0 Å². The van der Waals surface area contributed by atoms with Crippen molar-refractivity contribution in [2.75, 3.05) is 5.73 Å². The zero-order valence-electron chi connectivity index (χ0n) is 11.0. The number of rotatable bonds is 2. The molecule has 0 aliphatic rings. The number of ether oxygens (including phenoxy) is 1. The van der Waals surface area contributed by atoms with Crippen LogP contribution in [0, 0.1) is 6.92 Å². The lowest BCUT2D eigenvalue weighted by Crippen LogP contribution is -1.94. The lowest BCUT2D eigenvalue weighted by Gasteiger charge is -2.05. The monoisotopic (exact) mass is 314 g/mol. The summed E-state index contributed by atoms with van der Waals surface area (Å²) in [7, 11) is 0. The van der Waals surface area contributed by atoms with Gasteiger partial charge in [-0.05, 0) is 18.4 Å². The maximum Gasteiger partial charge on any atom is 0.322 e. The third kappa shape index (κ3) is 2.10. The smallest absolute Gasteiger partial charge is 0.322 e. The first kappa shape index (κ1) is 12.5. The van der Waals surface area contributed by atoms with Gasteiger partial charge in [-0.2, -0.15) is 0 Å². The quantitative estimate of drug-likeness (QED) is 0.605. The highest BCUT2D eigenvalue weighted by atomic mass is 32.1. The average Bonchev–Trinajstić information content (AvgIpc) is 3.07. The summed E-state index contributed by atoms with van der Waals surface area (Å²) in [6, 6.07) is 4.31. The van der Waals surface area contributed by atoms with Gasteiger partial charge in [0.15, 0.2) is 0 Å². The highest BCUT2D eigenvalue weighted by Crippen LogP contribution is 2.39. The van der Waals surface area contributed by atoms with Crippen LogP contribution < -0.4 is 10.5 Å². The van der Waals surface area contributed by atoms with Crippen molar-refractivity contribution >= 4 is 48.7 Å². The van der Waals surface area contributed by atoms with Crippen LogP contribution in [0.3, 0.4) is 0 Å². The Morgan fingerprint density at radius 3 is 2.86 bits per heavy atom. The Morgan fingerprint density at radius 1 is 1.24 bits per heavy atom. The predicted octanol–water partition coefficient (Wildman–Crippen LogP) is 3.98. The van der Waals surface area contributed by atoms with E-state index in [2.05, 4.69) is 15.0 Å². The number of aryl methyl sites for hydroxylation is 1. The molecule has 3 aromatic heterocycles. The molecule has 0 atom stereocenters. The third-order valence-electron chi connectivity index (χ3n) is 3.02. The SMILES string of the molecule is Cc1nc2c(cc(Oc3ncc(N)cn3)c3ccsc32)s1. The molecule has 0 aliphatic heterocycles. The summed E-state index contributed by atoms with van der Waals surface area (Å²) in [6.45, 7) is 2.01. The van der Waals surface area contributed by atoms with E-state index in [9.17, 15) is 0 Å². The van der Waals surface area contributed by atoms with Crippen LogP contribution in [0.1, 0.15) is 5.01 Å². The molecule has 5 nitrogen and oxygen atoms in total. The van der Waals surface area contributed by atoms with E-state index in [1.54, 1.807) is 22.7 Å². The van der Waals surface area contributed by atoms with Crippen LogP contribution in [0.25, 0.3) is 20.3 Å².